The van der Waals surface area contributed by atoms with Crippen molar-refractivity contribution in [3.8, 4) is 0 Å². The Morgan fingerprint density at radius 1 is 1.11 bits per heavy atom. The summed E-state index contributed by atoms with van der Waals surface area (Å²) in [5.41, 5.74) is 0.557. The first kappa shape index (κ1) is 23.0. The molecular weight excluding hydrogens is 364 g/mol. The van der Waals surface area contributed by atoms with Crippen molar-refractivity contribution < 1.29 is 13.7 Å². The molecule has 0 bridgehead atoms. The number of hydrogen-bond acceptors (Lipinski definition) is 4. The summed E-state index contributed by atoms with van der Waals surface area (Å²) in [5, 5.41) is 8.94. The molecule has 0 radical (unpaired) electrons. The van der Waals surface area contributed by atoms with Crippen molar-refractivity contribution in [2.45, 2.75) is 39.0 Å². The van der Waals surface area contributed by atoms with Gasteiger partial charge in [-0.1, -0.05) is 30.3 Å². The molecule has 1 rings (SSSR count). The Hall–Kier alpha value is -2.09. The second-order valence-electron chi connectivity index (χ2n) is 6.89. The second-order valence-corrected chi connectivity index (χ2v) is 8.47. The standard InChI is InChI=1S/C19H32N4O3S/c1-5-20-17(21-11-12-23-18(24)26-19(2,3)4)22-13-14-27(25)15-16-9-7-6-8-10-16/h6-10H,5,11-15H2,1-4H3,(H,23,24)(H2,20,21,22). The van der Waals surface area contributed by atoms with E-state index < -0.39 is 22.5 Å². The Bertz CT molecular complexity index is 615. The summed E-state index contributed by atoms with van der Waals surface area (Å²) in [6, 6.07) is 9.80. The SMILES string of the molecule is CCNC(=NCCS(=O)Cc1ccccc1)NCCNC(=O)OC(C)(C)C. The summed E-state index contributed by atoms with van der Waals surface area (Å²) < 4.78 is 17.3. The minimum absolute atomic E-state index is 0.416. The van der Waals surface area contributed by atoms with E-state index in [1.807, 2.05) is 58.0 Å². The fraction of sp³-hybridized carbons (Fsp3) is 0.579. The first-order valence-corrected chi connectivity index (χ1v) is 10.7. The van der Waals surface area contributed by atoms with E-state index in [2.05, 4.69) is 20.9 Å². The van der Waals surface area contributed by atoms with Crippen LogP contribution in [0.25, 0.3) is 0 Å². The van der Waals surface area contributed by atoms with E-state index in [0.717, 1.165) is 12.1 Å². The van der Waals surface area contributed by atoms with Gasteiger partial charge in [0, 0.05) is 41.9 Å². The third kappa shape index (κ3) is 12.0. The Balaban J connectivity index is 2.31. The van der Waals surface area contributed by atoms with Crippen LogP contribution in [0.3, 0.4) is 0 Å². The predicted molar refractivity (Wildman–Crippen MR) is 111 cm³/mol. The molecule has 0 saturated heterocycles. The summed E-state index contributed by atoms with van der Waals surface area (Å²) in [4.78, 5) is 16.0. The zero-order valence-electron chi connectivity index (χ0n) is 16.7. The third-order valence-electron chi connectivity index (χ3n) is 3.19. The summed E-state index contributed by atoms with van der Waals surface area (Å²) in [6.07, 6.45) is -0.442. The maximum absolute atomic E-state index is 12.1. The van der Waals surface area contributed by atoms with Crippen LogP contribution in [0.2, 0.25) is 0 Å². The van der Waals surface area contributed by atoms with Crippen LogP contribution in [0.1, 0.15) is 33.3 Å². The number of hydrogen-bond donors (Lipinski definition) is 3. The van der Waals surface area contributed by atoms with E-state index in [1.54, 1.807) is 0 Å². The van der Waals surface area contributed by atoms with Gasteiger partial charge in [-0.2, -0.15) is 0 Å². The fourth-order valence-corrected chi connectivity index (χ4v) is 3.10. The van der Waals surface area contributed by atoms with Crippen molar-refractivity contribution in [2.24, 2.45) is 4.99 Å². The minimum atomic E-state index is -0.951. The van der Waals surface area contributed by atoms with Gasteiger partial charge in [-0.15, -0.1) is 0 Å². The summed E-state index contributed by atoms with van der Waals surface area (Å²) >= 11 is 0. The van der Waals surface area contributed by atoms with Gasteiger partial charge in [0.25, 0.3) is 0 Å². The number of aliphatic imine (C=N–C) groups is 1. The fourth-order valence-electron chi connectivity index (χ4n) is 2.09. The van der Waals surface area contributed by atoms with E-state index >= 15 is 0 Å². The molecule has 1 aromatic rings. The molecular formula is C19H32N4O3S. The highest BCUT2D eigenvalue weighted by atomic mass is 32.2. The molecule has 1 amide bonds. The predicted octanol–water partition coefficient (Wildman–Crippen LogP) is 2.02. The first-order valence-electron chi connectivity index (χ1n) is 9.18. The second kappa shape index (κ2) is 12.3. The van der Waals surface area contributed by atoms with Crippen molar-refractivity contribution in [1.82, 2.24) is 16.0 Å². The van der Waals surface area contributed by atoms with Crippen LogP contribution in [0, 0.1) is 0 Å². The Morgan fingerprint density at radius 3 is 2.41 bits per heavy atom. The van der Waals surface area contributed by atoms with E-state index in [0.29, 0.717) is 37.1 Å². The summed E-state index contributed by atoms with van der Waals surface area (Å²) in [7, 11) is -0.951. The van der Waals surface area contributed by atoms with Crippen molar-refractivity contribution in [2.75, 3.05) is 31.9 Å². The molecule has 152 valence electrons. The molecule has 0 aliphatic heterocycles. The van der Waals surface area contributed by atoms with Crippen LogP contribution in [-0.4, -0.2) is 53.8 Å². The van der Waals surface area contributed by atoms with Gasteiger partial charge >= 0.3 is 6.09 Å². The number of alkyl carbamates (subject to hydrolysis) is 1. The van der Waals surface area contributed by atoms with Crippen molar-refractivity contribution in [3.05, 3.63) is 35.9 Å². The van der Waals surface area contributed by atoms with Crippen LogP contribution in [-0.2, 0) is 21.3 Å². The number of carbonyl (C=O) groups excluding carboxylic acids is 1. The lowest BCUT2D eigenvalue weighted by Crippen LogP contribution is -2.42. The van der Waals surface area contributed by atoms with E-state index in [4.69, 9.17) is 4.74 Å². The molecule has 1 unspecified atom stereocenters. The van der Waals surface area contributed by atoms with Gasteiger partial charge in [-0.3, -0.25) is 9.20 Å². The normalized spacial score (nSPS) is 13.0. The molecule has 0 aromatic heterocycles. The molecule has 0 heterocycles. The molecule has 7 nitrogen and oxygen atoms in total. The van der Waals surface area contributed by atoms with Crippen molar-refractivity contribution >= 4 is 22.9 Å². The lowest BCUT2D eigenvalue weighted by Gasteiger charge is -2.19. The van der Waals surface area contributed by atoms with Crippen LogP contribution in [0.15, 0.2) is 35.3 Å². The largest absolute Gasteiger partial charge is 0.444 e. The van der Waals surface area contributed by atoms with Crippen LogP contribution in [0.4, 0.5) is 4.79 Å². The highest BCUT2D eigenvalue weighted by Crippen LogP contribution is 2.06. The van der Waals surface area contributed by atoms with E-state index in [9.17, 15) is 9.00 Å². The zero-order valence-corrected chi connectivity index (χ0v) is 17.5. The van der Waals surface area contributed by atoms with Gasteiger partial charge < -0.3 is 20.7 Å². The minimum Gasteiger partial charge on any atom is -0.444 e. The Kier molecular flexibility index (Phi) is 10.5. The number of nitrogens with one attached hydrogen (secondary N) is 3. The number of benzene rings is 1. The van der Waals surface area contributed by atoms with Gasteiger partial charge in [0.15, 0.2) is 5.96 Å². The molecule has 0 aliphatic carbocycles. The molecule has 27 heavy (non-hydrogen) atoms. The Labute approximate surface area is 164 Å². The molecule has 1 aromatic carbocycles. The monoisotopic (exact) mass is 396 g/mol. The molecule has 0 fully saturated rings. The topological polar surface area (TPSA) is 91.8 Å². The molecule has 3 N–H and O–H groups in total. The highest BCUT2D eigenvalue weighted by Gasteiger charge is 2.15. The van der Waals surface area contributed by atoms with Gasteiger partial charge in [0.05, 0.1) is 6.54 Å². The number of nitrogens with zero attached hydrogens (tertiary/aromatic N) is 1. The van der Waals surface area contributed by atoms with Crippen LogP contribution >= 0.6 is 0 Å². The number of guanidine groups is 1. The van der Waals surface area contributed by atoms with Gasteiger partial charge in [0.1, 0.15) is 5.60 Å². The maximum atomic E-state index is 12.1. The number of rotatable bonds is 9. The highest BCUT2D eigenvalue weighted by molar-refractivity contribution is 7.84. The third-order valence-corrected chi connectivity index (χ3v) is 4.48. The van der Waals surface area contributed by atoms with E-state index in [-0.39, 0.29) is 0 Å². The first-order chi connectivity index (χ1) is 12.8. The lowest BCUT2D eigenvalue weighted by atomic mass is 10.2. The average Bonchev–Trinajstić information content (AvgIpc) is 2.58. The van der Waals surface area contributed by atoms with E-state index in [1.165, 1.54) is 0 Å². The van der Waals surface area contributed by atoms with Crippen molar-refractivity contribution in [3.63, 3.8) is 0 Å². The maximum Gasteiger partial charge on any atom is 0.407 e. The van der Waals surface area contributed by atoms with Gasteiger partial charge in [-0.25, -0.2) is 4.79 Å². The molecule has 0 spiro atoms. The van der Waals surface area contributed by atoms with Crippen LogP contribution < -0.4 is 16.0 Å². The molecule has 1 atom stereocenters. The number of ether oxygens (including phenoxy) is 1. The van der Waals surface area contributed by atoms with Gasteiger partial charge in [-0.05, 0) is 33.3 Å². The molecule has 0 saturated carbocycles. The zero-order chi connectivity index (χ0) is 20.1. The number of amides is 1. The van der Waals surface area contributed by atoms with Gasteiger partial charge in [0.2, 0.25) is 0 Å². The number of carbonyl (C=O) groups is 1. The summed E-state index contributed by atoms with van der Waals surface area (Å²) in [5.74, 6) is 1.68. The molecule has 8 heteroatoms. The molecule has 0 aliphatic rings. The smallest absolute Gasteiger partial charge is 0.407 e. The quantitative estimate of drug-likeness (QED) is 0.337. The summed E-state index contributed by atoms with van der Waals surface area (Å²) in [6.45, 7) is 9.56. The Morgan fingerprint density at radius 2 is 1.78 bits per heavy atom. The average molecular weight is 397 g/mol. The lowest BCUT2D eigenvalue weighted by molar-refractivity contribution is 0.0529. The van der Waals surface area contributed by atoms with Crippen molar-refractivity contribution in [1.29, 1.82) is 0 Å². The van der Waals surface area contributed by atoms with Crippen LogP contribution in [0.5, 0.6) is 0 Å².